The molecule has 4 nitrogen and oxygen atoms in total. The van der Waals surface area contributed by atoms with Crippen LogP contribution < -0.4 is 5.32 Å². The van der Waals surface area contributed by atoms with Gasteiger partial charge in [0.25, 0.3) is 11.8 Å². The van der Waals surface area contributed by atoms with Gasteiger partial charge < -0.3 is 10.2 Å². The number of nitrogens with one attached hydrogen (secondary N) is 1. The zero-order valence-electron chi connectivity index (χ0n) is 17.0. The van der Waals surface area contributed by atoms with Gasteiger partial charge in [0, 0.05) is 30.3 Å². The Morgan fingerprint density at radius 2 is 1.66 bits per heavy atom. The summed E-state index contributed by atoms with van der Waals surface area (Å²) in [4.78, 5) is 27.0. The van der Waals surface area contributed by atoms with Gasteiger partial charge >= 0.3 is 0 Å². The Bertz CT molecular complexity index is 927. The van der Waals surface area contributed by atoms with Gasteiger partial charge in [0.05, 0.1) is 0 Å². The van der Waals surface area contributed by atoms with Gasteiger partial charge in [-0.05, 0) is 79.5 Å². The lowest BCUT2D eigenvalue weighted by atomic mass is 9.95. The summed E-state index contributed by atoms with van der Waals surface area (Å²) in [6.45, 7) is 5.52. The maximum atomic E-state index is 14.5. The smallest absolute Gasteiger partial charge is 0.253 e. The molecule has 0 bridgehead atoms. The second-order valence-electron chi connectivity index (χ2n) is 8.43. The SMILES string of the molecule is Cc1c(F)cc(C(=O)NC2CC2)cc1-c1ccc(C(=O)N2CCC(C)CC2)cc1. The fourth-order valence-corrected chi connectivity index (χ4v) is 3.79. The number of amides is 2. The van der Waals surface area contributed by atoms with Crippen LogP contribution >= 0.6 is 0 Å². The van der Waals surface area contributed by atoms with E-state index in [2.05, 4.69) is 12.2 Å². The summed E-state index contributed by atoms with van der Waals surface area (Å²) in [5, 5.41) is 2.90. The third-order valence-corrected chi connectivity index (χ3v) is 6.03. The van der Waals surface area contributed by atoms with Gasteiger partial charge in [0.15, 0.2) is 0 Å². The molecule has 0 radical (unpaired) electrons. The summed E-state index contributed by atoms with van der Waals surface area (Å²) >= 11 is 0. The van der Waals surface area contributed by atoms with E-state index in [1.54, 1.807) is 25.1 Å². The second-order valence-corrected chi connectivity index (χ2v) is 8.43. The van der Waals surface area contributed by atoms with Crippen molar-refractivity contribution < 1.29 is 14.0 Å². The predicted molar refractivity (Wildman–Crippen MR) is 111 cm³/mol. The third kappa shape index (κ3) is 4.34. The summed E-state index contributed by atoms with van der Waals surface area (Å²) in [6, 6.07) is 10.5. The van der Waals surface area contributed by atoms with Crippen molar-refractivity contribution in [2.24, 2.45) is 5.92 Å². The summed E-state index contributed by atoms with van der Waals surface area (Å²) in [5.41, 5.74) is 2.95. The van der Waals surface area contributed by atoms with Gasteiger partial charge in [-0.25, -0.2) is 4.39 Å². The van der Waals surface area contributed by atoms with Crippen LogP contribution in [0, 0.1) is 18.7 Å². The van der Waals surface area contributed by atoms with Crippen LogP contribution in [0.1, 0.15) is 58.9 Å². The van der Waals surface area contributed by atoms with Crippen molar-refractivity contribution in [1.82, 2.24) is 10.2 Å². The van der Waals surface area contributed by atoms with E-state index < -0.39 is 5.82 Å². The molecule has 1 N–H and O–H groups in total. The highest BCUT2D eigenvalue weighted by Gasteiger charge is 2.25. The number of nitrogens with zero attached hydrogens (tertiary/aromatic N) is 1. The van der Waals surface area contributed by atoms with Crippen molar-refractivity contribution in [3.05, 3.63) is 58.9 Å². The van der Waals surface area contributed by atoms with E-state index in [9.17, 15) is 14.0 Å². The average Bonchev–Trinajstić information content (AvgIpc) is 3.54. The molecular weight excluding hydrogens is 367 g/mol. The molecule has 2 amide bonds. The van der Waals surface area contributed by atoms with Gasteiger partial charge in [-0.1, -0.05) is 19.1 Å². The minimum atomic E-state index is -0.397. The van der Waals surface area contributed by atoms with E-state index >= 15 is 0 Å². The molecule has 0 unspecified atom stereocenters. The van der Waals surface area contributed by atoms with Crippen LogP contribution in [-0.2, 0) is 0 Å². The Hall–Kier alpha value is -2.69. The highest BCUT2D eigenvalue weighted by atomic mass is 19.1. The van der Waals surface area contributed by atoms with Gasteiger partial charge in [-0.3, -0.25) is 9.59 Å². The molecule has 29 heavy (non-hydrogen) atoms. The lowest BCUT2D eigenvalue weighted by Gasteiger charge is -2.30. The Balaban J connectivity index is 1.56. The maximum Gasteiger partial charge on any atom is 0.253 e. The second kappa shape index (κ2) is 7.97. The summed E-state index contributed by atoms with van der Waals surface area (Å²) in [7, 11) is 0. The summed E-state index contributed by atoms with van der Waals surface area (Å²) < 4.78 is 14.5. The zero-order valence-corrected chi connectivity index (χ0v) is 17.0. The Kier molecular flexibility index (Phi) is 5.39. The average molecular weight is 394 g/mol. The first-order chi connectivity index (χ1) is 13.9. The van der Waals surface area contributed by atoms with Crippen molar-refractivity contribution in [1.29, 1.82) is 0 Å². The molecule has 0 spiro atoms. The molecule has 0 atom stereocenters. The Morgan fingerprint density at radius 3 is 2.28 bits per heavy atom. The van der Waals surface area contributed by atoms with Gasteiger partial charge in [-0.15, -0.1) is 0 Å². The van der Waals surface area contributed by atoms with Crippen molar-refractivity contribution in [2.45, 2.75) is 45.6 Å². The molecule has 152 valence electrons. The molecule has 0 aromatic heterocycles. The summed E-state index contributed by atoms with van der Waals surface area (Å²) in [6.07, 6.45) is 4.05. The van der Waals surface area contributed by atoms with Gasteiger partial charge in [0.1, 0.15) is 5.82 Å². The van der Waals surface area contributed by atoms with Crippen LogP contribution in [0.25, 0.3) is 11.1 Å². The van der Waals surface area contributed by atoms with Crippen molar-refractivity contribution in [3.63, 3.8) is 0 Å². The van der Waals surface area contributed by atoms with E-state index in [-0.39, 0.29) is 17.9 Å². The topological polar surface area (TPSA) is 49.4 Å². The molecule has 4 rings (SSSR count). The first kappa shape index (κ1) is 19.6. The van der Waals surface area contributed by atoms with E-state index in [1.807, 2.05) is 17.0 Å². The van der Waals surface area contributed by atoms with Crippen LogP contribution in [0.15, 0.2) is 36.4 Å². The minimum absolute atomic E-state index is 0.0453. The Labute approximate surface area is 171 Å². The lowest BCUT2D eigenvalue weighted by molar-refractivity contribution is 0.0697. The highest BCUT2D eigenvalue weighted by molar-refractivity contribution is 5.97. The first-order valence-electron chi connectivity index (χ1n) is 10.4. The monoisotopic (exact) mass is 394 g/mol. The molecule has 2 aliphatic rings. The zero-order chi connectivity index (χ0) is 20.5. The molecular formula is C24H27FN2O2. The number of carbonyl (C=O) groups excluding carboxylic acids is 2. The standard InChI is InChI=1S/C24H27FN2O2/c1-15-9-11-27(12-10-15)24(29)18-5-3-17(4-6-18)21-13-19(14-22(25)16(21)2)23(28)26-20-7-8-20/h3-6,13-15,20H,7-12H2,1-2H3,(H,26,28). The van der Waals surface area contributed by atoms with Crippen LogP contribution in [0.3, 0.4) is 0 Å². The van der Waals surface area contributed by atoms with E-state index in [0.29, 0.717) is 28.2 Å². The molecule has 2 fully saturated rings. The van der Waals surface area contributed by atoms with Gasteiger partial charge in [-0.2, -0.15) is 0 Å². The van der Waals surface area contributed by atoms with Crippen molar-refractivity contribution >= 4 is 11.8 Å². The first-order valence-corrected chi connectivity index (χ1v) is 10.4. The number of halogens is 1. The number of hydrogen-bond donors (Lipinski definition) is 1. The Morgan fingerprint density at radius 1 is 1.00 bits per heavy atom. The van der Waals surface area contributed by atoms with Crippen LogP contribution in [0.5, 0.6) is 0 Å². The molecule has 1 saturated carbocycles. The summed E-state index contributed by atoms with van der Waals surface area (Å²) in [5.74, 6) is 0.0809. The highest BCUT2D eigenvalue weighted by Crippen LogP contribution is 2.28. The van der Waals surface area contributed by atoms with Crippen molar-refractivity contribution in [3.8, 4) is 11.1 Å². The molecule has 5 heteroatoms. The number of piperidine rings is 1. The molecule has 1 heterocycles. The van der Waals surface area contributed by atoms with E-state index in [1.165, 1.54) is 6.07 Å². The number of hydrogen-bond acceptors (Lipinski definition) is 2. The fourth-order valence-electron chi connectivity index (χ4n) is 3.79. The number of rotatable bonds is 4. The minimum Gasteiger partial charge on any atom is -0.349 e. The fraction of sp³-hybridized carbons (Fsp3) is 0.417. The van der Waals surface area contributed by atoms with Gasteiger partial charge in [0.2, 0.25) is 0 Å². The maximum absolute atomic E-state index is 14.5. The van der Waals surface area contributed by atoms with Crippen LogP contribution in [0.4, 0.5) is 4.39 Å². The predicted octanol–water partition coefficient (Wildman–Crippen LogP) is 4.57. The largest absolute Gasteiger partial charge is 0.349 e. The quantitative estimate of drug-likeness (QED) is 0.826. The molecule has 1 saturated heterocycles. The molecule has 1 aliphatic carbocycles. The van der Waals surface area contributed by atoms with Crippen LogP contribution in [0.2, 0.25) is 0 Å². The number of benzene rings is 2. The van der Waals surface area contributed by atoms with E-state index in [4.69, 9.17) is 0 Å². The van der Waals surface area contributed by atoms with Crippen LogP contribution in [-0.4, -0.2) is 35.8 Å². The molecule has 1 aliphatic heterocycles. The molecule has 2 aromatic rings. The van der Waals surface area contributed by atoms with Crippen molar-refractivity contribution in [2.75, 3.05) is 13.1 Å². The molecule has 2 aromatic carbocycles. The normalized spacial score (nSPS) is 17.3. The number of likely N-dealkylation sites (tertiary alicyclic amines) is 1. The van der Waals surface area contributed by atoms with E-state index in [0.717, 1.165) is 44.3 Å². The third-order valence-electron chi connectivity index (χ3n) is 6.03. The number of carbonyl (C=O) groups is 2. The lowest BCUT2D eigenvalue weighted by Crippen LogP contribution is -2.37.